The molecule has 2 aromatic rings. The van der Waals surface area contributed by atoms with Gasteiger partial charge in [-0.15, -0.1) is 0 Å². The summed E-state index contributed by atoms with van der Waals surface area (Å²) in [6.07, 6.45) is 0.842. The molecule has 256 valence electrons. The van der Waals surface area contributed by atoms with Crippen LogP contribution in [-0.4, -0.2) is 107 Å². The highest BCUT2D eigenvalue weighted by molar-refractivity contribution is 6.32. The lowest BCUT2D eigenvalue weighted by molar-refractivity contribution is -0.181. The van der Waals surface area contributed by atoms with E-state index in [9.17, 15) is 39.0 Å². The number of hydrogen-bond acceptors (Lipinski definition) is 10. The number of fused-ring (bicyclic) bond motifs is 3. The zero-order valence-electron chi connectivity index (χ0n) is 28.1. The predicted octanol–water partition coefficient (Wildman–Crippen LogP) is 1.24. The number of aliphatic hydroxyl groups is 1. The molecule has 2 aromatic carbocycles. The minimum Gasteiger partial charge on any atom is -0.507 e. The highest BCUT2D eigenvalue weighted by Crippen LogP contribution is 2.51. The maximum absolute atomic E-state index is 14.1. The number of amides is 2. The zero-order chi connectivity index (χ0) is 35.4. The number of Topliss-reactive ketones (excluding diaryl/α,β-unsaturated/α-hetero) is 4. The Morgan fingerprint density at radius 2 is 1.73 bits per heavy atom. The molecular formula is C36H44N4O8. The van der Waals surface area contributed by atoms with Crippen LogP contribution in [0.2, 0.25) is 0 Å². The molecule has 0 aromatic heterocycles. The maximum Gasteiger partial charge on any atom is 0.251 e. The van der Waals surface area contributed by atoms with E-state index in [2.05, 4.69) is 24.1 Å². The summed E-state index contributed by atoms with van der Waals surface area (Å²) in [5, 5.41) is 25.7. The van der Waals surface area contributed by atoms with Crippen LogP contribution in [0.3, 0.4) is 0 Å². The fraction of sp³-hybridized carbons (Fsp3) is 0.500. The first-order valence-electron chi connectivity index (χ1n) is 16.3. The quantitative estimate of drug-likeness (QED) is 0.285. The van der Waals surface area contributed by atoms with Crippen molar-refractivity contribution in [1.82, 2.24) is 15.1 Å². The van der Waals surface area contributed by atoms with Crippen molar-refractivity contribution >= 4 is 34.9 Å². The van der Waals surface area contributed by atoms with Crippen molar-refractivity contribution in [1.29, 1.82) is 0 Å². The van der Waals surface area contributed by atoms with Gasteiger partial charge < -0.3 is 26.2 Å². The molecule has 2 amide bonds. The van der Waals surface area contributed by atoms with E-state index < -0.39 is 64.4 Å². The van der Waals surface area contributed by atoms with Crippen LogP contribution in [0.1, 0.15) is 53.0 Å². The number of nitrogens with two attached hydrogens (primary N) is 1. The lowest BCUT2D eigenvalue weighted by atomic mass is 9.52. The molecule has 3 aliphatic rings. The van der Waals surface area contributed by atoms with Gasteiger partial charge in [0.2, 0.25) is 5.91 Å². The number of phenols is 1. The van der Waals surface area contributed by atoms with Crippen LogP contribution in [0.4, 0.5) is 0 Å². The van der Waals surface area contributed by atoms with E-state index in [1.807, 2.05) is 14.1 Å². The normalized spacial score (nSPS) is 27.5. The molecule has 2 saturated carbocycles. The summed E-state index contributed by atoms with van der Waals surface area (Å²) in [5.74, 6) is -10.9. The van der Waals surface area contributed by atoms with Gasteiger partial charge in [-0.2, -0.15) is 0 Å². The molecule has 5 rings (SSSR count). The van der Waals surface area contributed by atoms with Crippen LogP contribution in [0.15, 0.2) is 36.4 Å². The fourth-order valence-corrected chi connectivity index (χ4v) is 8.33. The minimum atomic E-state index is -2.78. The summed E-state index contributed by atoms with van der Waals surface area (Å²) in [6.45, 7) is 4.76. The minimum absolute atomic E-state index is 0.0498. The summed E-state index contributed by atoms with van der Waals surface area (Å²) in [4.78, 5) is 84.0. The molecule has 3 aliphatic carbocycles. The van der Waals surface area contributed by atoms with Crippen molar-refractivity contribution in [2.45, 2.75) is 50.8 Å². The van der Waals surface area contributed by atoms with Crippen molar-refractivity contribution in [3.05, 3.63) is 53.1 Å². The van der Waals surface area contributed by atoms with Gasteiger partial charge in [0.25, 0.3) is 5.91 Å². The first-order chi connectivity index (χ1) is 22.5. The molecule has 0 radical (unpaired) electrons. The Bertz CT molecular complexity index is 1690. The topological polar surface area (TPSA) is 187 Å². The number of rotatable bonds is 9. The smallest absolute Gasteiger partial charge is 0.251 e. The van der Waals surface area contributed by atoms with Crippen LogP contribution in [0.5, 0.6) is 5.75 Å². The number of carbonyl (C=O) groups is 6. The van der Waals surface area contributed by atoms with Crippen LogP contribution >= 0.6 is 0 Å². The van der Waals surface area contributed by atoms with Crippen LogP contribution in [0, 0.1) is 29.6 Å². The van der Waals surface area contributed by atoms with E-state index in [0.717, 1.165) is 6.42 Å². The summed E-state index contributed by atoms with van der Waals surface area (Å²) in [6, 6.07) is 9.02. The number of carbonyl (C=O) groups excluding carboxylic acids is 6. The summed E-state index contributed by atoms with van der Waals surface area (Å²) in [7, 11) is 7.11. The van der Waals surface area contributed by atoms with Gasteiger partial charge in [0.15, 0.2) is 34.7 Å². The highest BCUT2D eigenvalue weighted by atomic mass is 16.3. The number of benzene rings is 2. The van der Waals surface area contributed by atoms with Crippen LogP contribution < -0.4 is 11.1 Å². The molecule has 0 aliphatic heterocycles. The third kappa shape index (κ3) is 5.65. The van der Waals surface area contributed by atoms with E-state index in [1.165, 1.54) is 11.0 Å². The first kappa shape index (κ1) is 35.1. The number of aromatic hydroxyl groups is 1. The average Bonchev–Trinajstić information content (AvgIpc) is 3.00. The third-order valence-corrected chi connectivity index (χ3v) is 10.5. The Labute approximate surface area is 279 Å². The molecule has 0 heterocycles. The Kier molecular flexibility index (Phi) is 9.48. The second kappa shape index (κ2) is 13.0. The lowest BCUT2D eigenvalue weighted by Crippen LogP contribution is -2.74. The van der Waals surface area contributed by atoms with E-state index in [1.54, 1.807) is 44.4 Å². The van der Waals surface area contributed by atoms with Gasteiger partial charge >= 0.3 is 0 Å². The maximum atomic E-state index is 14.1. The van der Waals surface area contributed by atoms with Crippen LogP contribution in [0.25, 0.3) is 11.1 Å². The van der Waals surface area contributed by atoms with E-state index in [4.69, 9.17) is 5.73 Å². The van der Waals surface area contributed by atoms with Crippen molar-refractivity contribution < 1.29 is 39.0 Å². The van der Waals surface area contributed by atoms with Crippen molar-refractivity contribution in [2.75, 3.05) is 34.7 Å². The molecule has 2 fully saturated rings. The molecule has 7 atom stereocenters. The second-order valence-corrected chi connectivity index (χ2v) is 14.2. The Morgan fingerprint density at radius 3 is 2.33 bits per heavy atom. The Hall–Kier alpha value is -4.26. The van der Waals surface area contributed by atoms with Crippen molar-refractivity contribution in [2.24, 2.45) is 35.3 Å². The Balaban J connectivity index is 1.49. The summed E-state index contributed by atoms with van der Waals surface area (Å²) >= 11 is 0. The van der Waals surface area contributed by atoms with Gasteiger partial charge in [-0.1, -0.05) is 32.0 Å². The largest absolute Gasteiger partial charge is 0.507 e. The van der Waals surface area contributed by atoms with Gasteiger partial charge in [-0.3, -0.25) is 33.7 Å². The van der Waals surface area contributed by atoms with Gasteiger partial charge in [0.1, 0.15) is 5.75 Å². The highest BCUT2D eigenvalue weighted by Gasteiger charge is 2.69. The number of likely N-dealkylation sites (N-methyl/N-ethyl adjacent to an activating group) is 1. The molecular weight excluding hydrogens is 616 g/mol. The van der Waals surface area contributed by atoms with Gasteiger partial charge in [0, 0.05) is 24.1 Å². The Morgan fingerprint density at radius 1 is 1.04 bits per heavy atom. The number of hydrogen-bond donors (Lipinski definition) is 4. The van der Waals surface area contributed by atoms with E-state index >= 15 is 0 Å². The molecule has 0 saturated heterocycles. The van der Waals surface area contributed by atoms with Gasteiger partial charge in [-0.25, -0.2) is 0 Å². The summed E-state index contributed by atoms with van der Waals surface area (Å²) in [5.41, 5.74) is 4.59. The lowest BCUT2D eigenvalue weighted by Gasteiger charge is -2.52. The van der Waals surface area contributed by atoms with E-state index in [0.29, 0.717) is 40.8 Å². The van der Waals surface area contributed by atoms with Crippen molar-refractivity contribution in [3.8, 4) is 16.9 Å². The van der Waals surface area contributed by atoms with Gasteiger partial charge in [-0.05, 0) is 94.2 Å². The molecule has 3 unspecified atom stereocenters. The van der Waals surface area contributed by atoms with E-state index in [-0.39, 0.29) is 30.1 Å². The number of nitrogens with zero attached hydrogens (tertiary/aromatic N) is 2. The molecule has 48 heavy (non-hydrogen) atoms. The number of nitrogens with one attached hydrogen (secondary N) is 1. The molecule has 12 nitrogen and oxygen atoms in total. The number of primary amides is 1. The monoisotopic (exact) mass is 660 g/mol. The average molecular weight is 661 g/mol. The standard InChI is InChI=1S/C36H44N4O8/c1-17(2)24(39(3)4)12-13-38-35(47)19-9-7-8-18(14-19)21-10-11-25(41)27-22(21)15-20-16-23-29(40(5)6)31(43)28(34(37)46)33(45)36(23,48)32(44)26(20)30(27)42/h7-11,14,17,20,23-24,26,28-29,41,48H,12-13,15-16H2,1-6H3,(H2,37,46)(H,38,47)/t20-,23-,24?,26?,28?,29-,36-/m0/s1. The molecule has 12 heteroatoms. The molecule has 0 spiro atoms. The van der Waals surface area contributed by atoms with Crippen molar-refractivity contribution in [3.63, 3.8) is 0 Å². The van der Waals surface area contributed by atoms with Gasteiger partial charge in [0.05, 0.1) is 17.5 Å². The second-order valence-electron chi connectivity index (χ2n) is 14.2. The predicted molar refractivity (Wildman–Crippen MR) is 176 cm³/mol. The zero-order valence-corrected chi connectivity index (χ0v) is 28.1. The summed E-state index contributed by atoms with van der Waals surface area (Å²) < 4.78 is 0. The van der Waals surface area contributed by atoms with Crippen LogP contribution in [-0.2, 0) is 25.6 Å². The number of ketones is 4. The molecule has 5 N–H and O–H groups in total. The number of phenolic OH excluding ortho intramolecular Hbond substituents is 1. The first-order valence-corrected chi connectivity index (χ1v) is 16.3. The molecule has 0 bridgehead atoms. The SMILES string of the molecule is CC(C)C(CCNC(=O)c1cccc(-c2ccc(O)c3c2C[C@H]2C[C@H]4[C@H](N(C)C)C(=O)C(C(N)=O)C(=O)[C@@]4(O)C(=O)C2C3=O)c1)N(C)C. The third-order valence-electron chi connectivity index (χ3n) is 10.5. The fourth-order valence-electron chi connectivity index (χ4n) is 8.33.